The highest BCUT2D eigenvalue weighted by Crippen LogP contribution is 2.26. The van der Waals surface area contributed by atoms with Gasteiger partial charge in [0.05, 0.1) is 18.3 Å². The Morgan fingerprint density at radius 1 is 1.16 bits per heavy atom. The molecule has 0 spiro atoms. The molecule has 0 fully saturated rings. The molecular formula is C19H22N2O4. The summed E-state index contributed by atoms with van der Waals surface area (Å²) in [6.45, 7) is 6.11. The van der Waals surface area contributed by atoms with Crippen LogP contribution in [0.15, 0.2) is 42.5 Å². The van der Waals surface area contributed by atoms with E-state index in [9.17, 15) is 14.7 Å². The Labute approximate surface area is 146 Å². The zero-order valence-electron chi connectivity index (χ0n) is 14.5. The number of phenols is 1. The zero-order chi connectivity index (χ0) is 18.4. The van der Waals surface area contributed by atoms with Crippen molar-refractivity contribution >= 4 is 17.5 Å². The molecule has 0 aliphatic carbocycles. The maximum absolute atomic E-state index is 12.2. The van der Waals surface area contributed by atoms with Crippen molar-refractivity contribution in [3.8, 4) is 11.5 Å². The molecule has 6 nitrogen and oxygen atoms in total. The summed E-state index contributed by atoms with van der Waals surface area (Å²) in [5.41, 5.74) is 2.00. The highest BCUT2D eigenvalue weighted by molar-refractivity contribution is 6.39. The second kappa shape index (κ2) is 8.19. The SMILES string of the molecule is CCOc1ccc(C)cc1C(C)NC(=O)C(=O)Nc1ccccc1O. The molecule has 2 rings (SSSR count). The van der Waals surface area contributed by atoms with Crippen LogP contribution in [0.2, 0.25) is 0 Å². The molecule has 1 atom stereocenters. The summed E-state index contributed by atoms with van der Waals surface area (Å²) in [4.78, 5) is 24.2. The normalized spacial score (nSPS) is 11.5. The Morgan fingerprint density at radius 2 is 1.88 bits per heavy atom. The topological polar surface area (TPSA) is 87.7 Å². The number of benzene rings is 2. The van der Waals surface area contributed by atoms with E-state index in [0.29, 0.717) is 12.4 Å². The van der Waals surface area contributed by atoms with Gasteiger partial charge in [-0.05, 0) is 39.0 Å². The molecule has 0 heterocycles. The van der Waals surface area contributed by atoms with Gasteiger partial charge in [-0.2, -0.15) is 0 Å². The standard InChI is InChI=1S/C19H22N2O4/c1-4-25-17-10-9-12(2)11-14(17)13(3)20-18(23)19(24)21-15-7-5-6-8-16(15)22/h5-11,13,22H,4H2,1-3H3,(H,20,23)(H,21,24). The second-order valence-electron chi connectivity index (χ2n) is 5.64. The number of aryl methyl sites for hydroxylation is 1. The monoisotopic (exact) mass is 342 g/mol. The lowest BCUT2D eigenvalue weighted by Crippen LogP contribution is -2.37. The van der Waals surface area contributed by atoms with Gasteiger partial charge >= 0.3 is 11.8 Å². The van der Waals surface area contributed by atoms with Gasteiger partial charge in [-0.25, -0.2) is 0 Å². The van der Waals surface area contributed by atoms with E-state index in [1.54, 1.807) is 19.1 Å². The van der Waals surface area contributed by atoms with E-state index in [4.69, 9.17) is 4.74 Å². The van der Waals surface area contributed by atoms with E-state index in [1.165, 1.54) is 12.1 Å². The lowest BCUT2D eigenvalue weighted by atomic mass is 10.0. The van der Waals surface area contributed by atoms with E-state index in [2.05, 4.69) is 10.6 Å². The largest absolute Gasteiger partial charge is 0.506 e. The summed E-state index contributed by atoms with van der Waals surface area (Å²) >= 11 is 0. The van der Waals surface area contributed by atoms with E-state index >= 15 is 0 Å². The molecule has 2 aromatic carbocycles. The quantitative estimate of drug-likeness (QED) is 0.576. The summed E-state index contributed by atoms with van der Waals surface area (Å²) < 4.78 is 5.58. The van der Waals surface area contributed by atoms with E-state index < -0.39 is 17.9 Å². The number of para-hydroxylation sites is 2. The van der Waals surface area contributed by atoms with Crippen molar-refractivity contribution < 1.29 is 19.4 Å². The Balaban J connectivity index is 2.08. The van der Waals surface area contributed by atoms with Crippen molar-refractivity contribution in [1.82, 2.24) is 5.32 Å². The van der Waals surface area contributed by atoms with Crippen molar-refractivity contribution in [3.05, 3.63) is 53.6 Å². The van der Waals surface area contributed by atoms with Crippen LogP contribution in [0.1, 0.15) is 31.0 Å². The van der Waals surface area contributed by atoms with Gasteiger partial charge in [0.1, 0.15) is 11.5 Å². The van der Waals surface area contributed by atoms with Crippen molar-refractivity contribution in [2.75, 3.05) is 11.9 Å². The number of carbonyl (C=O) groups excluding carboxylic acids is 2. The van der Waals surface area contributed by atoms with Crippen LogP contribution < -0.4 is 15.4 Å². The number of phenolic OH excluding ortho intramolecular Hbond substituents is 1. The first kappa shape index (κ1) is 18.3. The summed E-state index contributed by atoms with van der Waals surface area (Å²) in [6, 6.07) is 11.5. The molecule has 6 heteroatoms. The van der Waals surface area contributed by atoms with Crippen LogP contribution in [0.4, 0.5) is 5.69 Å². The molecule has 132 valence electrons. The maximum atomic E-state index is 12.2. The fourth-order valence-corrected chi connectivity index (χ4v) is 2.39. The van der Waals surface area contributed by atoms with Gasteiger partial charge in [-0.15, -0.1) is 0 Å². The average Bonchev–Trinajstić information content (AvgIpc) is 2.58. The first-order valence-electron chi connectivity index (χ1n) is 8.05. The molecule has 0 radical (unpaired) electrons. The number of amides is 2. The van der Waals surface area contributed by atoms with Gasteiger partial charge < -0.3 is 20.5 Å². The number of ether oxygens (including phenoxy) is 1. The third-order valence-electron chi connectivity index (χ3n) is 3.64. The number of rotatable bonds is 5. The smallest absolute Gasteiger partial charge is 0.313 e. The fourth-order valence-electron chi connectivity index (χ4n) is 2.39. The third-order valence-corrected chi connectivity index (χ3v) is 3.64. The minimum absolute atomic E-state index is 0.103. The molecule has 1 unspecified atom stereocenters. The summed E-state index contributed by atoms with van der Waals surface area (Å²) in [6.07, 6.45) is 0. The van der Waals surface area contributed by atoms with Crippen LogP contribution in [-0.4, -0.2) is 23.5 Å². The minimum atomic E-state index is -0.848. The zero-order valence-corrected chi connectivity index (χ0v) is 14.5. The van der Waals surface area contributed by atoms with Gasteiger partial charge in [0.25, 0.3) is 0 Å². The van der Waals surface area contributed by atoms with Crippen LogP contribution in [-0.2, 0) is 9.59 Å². The predicted octanol–water partition coefficient (Wildman–Crippen LogP) is 2.92. The van der Waals surface area contributed by atoms with E-state index in [1.807, 2.05) is 32.0 Å². The molecule has 0 aromatic heterocycles. The molecule has 0 aliphatic rings. The number of hydrogen-bond acceptors (Lipinski definition) is 4. The Morgan fingerprint density at radius 3 is 2.56 bits per heavy atom. The highest BCUT2D eigenvalue weighted by atomic mass is 16.5. The lowest BCUT2D eigenvalue weighted by molar-refractivity contribution is -0.136. The van der Waals surface area contributed by atoms with Gasteiger partial charge in [0.15, 0.2) is 0 Å². The molecule has 3 N–H and O–H groups in total. The average molecular weight is 342 g/mol. The lowest BCUT2D eigenvalue weighted by Gasteiger charge is -2.18. The van der Waals surface area contributed by atoms with E-state index in [0.717, 1.165) is 11.1 Å². The Bertz CT molecular complexity index is 774. The summed E-state index contributed by atoms with van der Waals surface area (Å²) in [5, 5.41) is 14.7. The number of aromatic hydroxyl groups is 1. The minimum Gasteiger partial charge on any atom is -0.506 e. The van der Waals surface area contributed by atoms with Crippen molar-refractivity contribution in [2.45, 2.75) is 26.8 Å². The van der Waals surface area contributed by atoms with Crippen molar-refractivity contribution in [1.29, 1.82) is 0 Å². The number of hydrogen-bond donors (Lipinski definition) is 3. The molecule has 0 saturated heterocycles. The fraction of sp³-hybridized carbons (Fsp3) is 0.263. The molecule has 2 amide bonds. The Kier molecular flexibility index (Phi) is 6.00. The first-order valence-corrected chi connectivity index (χ1v) is 8.05. The van der Waals surface area contributed by atoms with Crippen LogP contribution in [0.5, 0.6) is 11.5 Å². The predicted molar refractivity (Wildman–Crippen MR) is 95.6 cm³/mol. The second-order valence-corrected chi connectivity index (χ2v) is 5.64. The first-order chi connectivity index (χ1) is 11.9. The Hall–Kier alpha value is -3.02. The van der Waals surface area contributed by atoms with Crippen LogP contribution in [0, 0.1) is 6.92 Å². The summed E-state index contributed by atoms with van der Waals surface area (Å²) in [7, 11) is 0. The van der Waals surface area contributed by atoms with Gasteiger partial charge in [0.2, 0.25) is 0 Å². The van der Waals surface area contributed by atoms with Crippen molar-refractivity contribution in [2.24, 2.45) is 0 Å². The number of nitrogens with one attached hydrogen (secondary N) is 2. The van der Waals surface area contributed by atoms with Gasteiger partial charge in [-0.3, -0.25) is 9.59 Å². The number of anilines is 1. The molecule has 25 heavy (non-hydrogen) atoms. The number of carbonyl (C=O) groups is 2. The maximum Gasteiger partial charge on any atom is 0.313 e. The molecule has 0 saturated carbocycles. The van der Waals surface area contributed by atoms with Crippen LogP contribution >= 0.6 is 0 Å². The van der Waals surface area contributed by atoms with Crippen LogP contribution in [0.25, 0.3) is 0 Å². The van der Waals surface area contributed by atoms with Crippen LogP contribution in [0.3, 0.4) is 0 Å². The molecule has 0 bridgehead atoms. The molecule has 2 aromatic rings. The third kappa shape index (κ3) is 4.73. The highest BCUT2D eigenvalue weighted by Gasteiger charge is 2.20. The van der Waals surface area contributed by atoms with Gasteiger partial charge in [-0.1, -0.05) is 29.8 Å². The van der Waals surface area contributed by atoms with Crippen molar-refractivity contribution in [3.63, 3.8) is 0 Å². The molecule has 0 aliphatic heterocycles. The van der Waals surface area contributed by atoms with E-state index in [-0.39, 0.29) is 11.4 Å². The van der Waals surface area contributed by atoms with Gasteiger partial charge in [0, 0.05) is 5.56 Å². The summed E-state index contributed by atoms with van der Waals surface area (Å²) in [5.74, 6) is -1.07. The molecular weight excluding hydrogens is 320 g/mol.